The minimum absolute atomic E-state index is 0.193. The van der Waals surface area contributed by atoms with Crippen LogP contribution in [0.4, 0.5) is 5.69 Å². The highest BCUT2D eigenvalue weighted by Crippen LogP contribution is 2.28. The van der Waals surface area contributed by atoms with E-state index in [1.807, 2.05) is 30.5 Å². The van der Waals surface area contributed by atoms with Crippen molar-refractivity contribution in [1.29, 1.82) is 0 Å². The van der Waals surface area contributed by atoms with Crippen LogP contribution in [-0.4, -0.2) is 10.1 Å². The van der Waals surface area contributed by atoms with Gasteiger partial charge < -0.3 is 10.4 Å². The number of phenols is 1. The van der Waals surface area contributed by atoms with Crippen LogP contribution in [0.2, 0.25) is 0 Å². The van der Waals surface area contributed by atoms with Gasteiger partial charge in [-0.25, -0.2) is 0 Å². The van der Waals surface area contributed by atoms with Crippen molar-refractivity contribution in [2.45, 2.75) is 19.4 Å². The Bertz CT molecular complexity index is 732. The smallest absolute Gasteiger partial charge is 0.115 e. The number of nitrogens with one attached hydrogen (secondary N) is 1. The van der Waals surface area contributed by atoms with Gasteiger partial charge in [0.25, 0.3) is 0 Å². The van der Waals surface area contributed by atoms with Crippen LogP contribution in [0.15, 0.2) is 60.8 Å². The van der Waals surface area contributed by atoms with E-state index in [9.17, 15) is 5.11 Å². The molecule has 0 fully saturated rings. The number of nitrogens with zero attached hydrogens (tertiary/aromatic N) is 1. The predicted octanol–water partition coefficient (Wildman–Crippen LogP) is 4.50. The minimum atomic E-state index is 0.193. The van der Waals surface area contributed by atoms with Crippen LogP contribution in [0, 0.1) is 0 Å². The van der Waals surface area contributed by atoms with Gasteiger partial charge in [-0.15, -0.1) is 0 Å². The van der Waals surface area contributed by atoms with Crippen LogP contribution in [0.3, 0.4) is 0 Å². The molecule has 3 nitrogen and oxygen atoms in total. The number of aromatic hydroxyl groups is 1. The summed E-state index contributed by atoms with van der Waals surface area (Å²) in [4.78, 5) is 4.47. The highest BCUT2D eigenvalue weighted by Gasteiger charge is 2.11. The van der Waals surface area contributed by atoms with Crippen molar-refractivity contribution in [3.05, 3.63) is 66.4 Å². The number of phenolic OH excluding ortho intramolecular Hbond substituents is 1. The van der Waals surface area contributed by atoms with E-state index in [4.69, 9.17) is 0 Å². The molecule has 3 rings (SSSR count). The number of hydrogen-bond donors (Lipinski definition) is 2. The molecule has 1 aromatic heterocycles. The van der Waals surface area contributed by atoms with E-state index in [1.165, 1.54) is 0 Å². The molecule has 1 atom stereocenters. The highest BCUT2D eigenvalue weighted by atomic mass is 16.3. The number of fused-ring (bicyclic) bond motifs is 1. The zero-order valence-corrected chi connectivity index (χ0v) is 12.0. The van der Waals surface area contributed by atoms with Gasteiger partial charge in [-0.3, -0.25) is 4.98 Å². The van der Waals surface area contributed by atoms with Crippen LogP contribution >= 0.6 is 0 Å². The Morgan fingerprint density at radius 1 is 1.05 bits per heavy atom. The van der Waals surface area contributed by atoms with Gasteiger partial charge in [-0.05, 0) is 36.2 Å². The average Bonchev–Trinajstić information content (AvgIpc) is 2.54. The van der Waals surface area contributed by atoms with Crippen molar-refractivity contribution in [2.24, 2.45) is 0 Å². The number of para-hydroxylation sites is 1. The molecule has 3 heteroatoms. The summed E-state index contributed by atoms with van der Waals surface area (Å²) in [7, 11) is 0. The molecule has 0 radical (unpaired) electrons. The molecule has 0 aliphatic carbocycles. The number of rotatable bonds is 4. The zero-order chi connectivity index (χ0) is 14.7. The third kappa shape index (κ3) is 2.82. The molecule has 0 saturated heterocycles. The second-order valence-electron chi connectivity index (χ2n) is 5.08. The van der Waals surface area contributed by atoms with Crippen molar-refractivity contribution in [3.63, 3.8) is 0 Å². The van der Waals surface area contributed by atoms with Crippen LogP contribution in [0.5, 0.6) is 5.75 Å². The summed E-state index contributed by atoms with van der Waals surface area (Å²) < 4.78 is 0. The van der Waals surface area contributed by atoms with Crippen molar-refractivity contribution < 1.29 is 5.11 Å². The third-order valence-electron chi connectivity index (χ3n) is 3.67. The molecule has 106 valence electrons. The van der Waals surface area contributed by atoms with E-state index in [1.54, 1.807) is 12.1 Å². The number of pyridine rings is 1. The molecule has 2 N–H and O–H groups in total. The summed E-state index contributed by atoms with van der Waals surface area (Å²) in [5, 5.41) is 14.1. The van der Waals surface area contributed by atoms with Crippen molar-refractivity contribution >= 4 is 16.6 Å². The Labute approximate surface area is 124 Å². The maximum atomic E-state index is 9.41. The molecule has 1 heterocycles. The maximum absolute atomic E-state index is 9.41. The van der Waals surface area contributed by atoms with Gasteiger partial charge in [0, 0.05) is 11.6 Å². The topological polar surface area (TPSA) is 45.2 Å². The fraction of sp³-hybridized carbons (Fsp3) is 0.167. The van der Waals surface area contributed by atoms with E-state index in [0.717, 1.165) is 28.6 Å². The van der Waals surface area contributed by atoms with Crippen LogP contribution < -0.4 is 5.32 Å². The van der Waals surface area contributed by atoms with Gasteiger partial charge in [0.1, 0.15) is 5.75 Å². The molecule has 0 aliphatic rings. The summed E-state index contributed by atoms with van der Waals surface area (Å²) in [6.07, 6.45) is 2.77. The minimum Gasteiger partial charge on any atom is -0.508 e. The summed E-state index contributed by atoms with van der Waals surface area (Å²) >= 11 is 0. The fourth-order valence-corrected chi connectivity index (χ4v) is 2.54. The number of benzene rings is 2. The highest BCUT2D eigenvalue weighted by molar-refractivity contribution is 5.90. The summed E-state index contributed by atoms with van der Waals surface area (Å²) in [6, 6.07) is 17.7. The molecule has 3 aromatic rings. The molecule has 0 spiro atoms. The quantitative estimate of drug-likeness (QED) is 0.738. The first-order chi connectivity index (χ1) is 10.3. The van der Waals surface area contributed by atoms with Crippen LogP contribution in [0.25, 0.3) is 10.9 Å². The Morgan fingerprint density at radius 3 is 2.57 bits per heavy atom. The van der Waals surface area contributed by atoms with Crippen LogP contribution in [-0.2, 0) is 0 Å². The second-order valence-corrected chi connectivity index (χ2v) is 5.08. The van der Waals surface area contributed by atoms with E-state index >= 15 is 0 Å². The van der Waals surface area contributed by atoms with Crippen molar-refractivity contribution in [2.75, 3.05) is 5.32 Å². The molecule has 0 aliphatic heterocycles. The van der Waals surface area contributed by atoms with Crippen LogP contribution in [0.1, 0.15) is 24.9 Å². The van der Waals surface area contributed by atoms with E-state index in [-0.39, 0.29) is 6.04 Å². The Hall–Kier alpha value is -2.55. The summed E-state index contributed by atoms with van der Waals surface area (Å²) in [5.41, 5.74) is 3.17. The normalized spacial score (nSPS) is 12.2. The first-order valence-corrected chi connectivity index (χ1v) is 7.17. The first kappa shape index (κ1) is 13.4. The third-order valence-corrected chi connectivity index (χ3v) is 3.67. The lowest BCUT2D eigenvalue weighted by Crippen LogP contribution is -2.10. The SMILES string of the molecule is CCC(Nc1cccc2cccnc12)c1ccc(O)cc1. The van der Waals surface area contributed by atoms with E-state index in [0.29, 0.717) is 5.75 Å². The zero-order valence-electron chi connectivity index (χ0n) is 12.0. The Morgan fingerprint density at radius 2 is 1.81 bits per heavy atom. The van der Waals surface area contributed by atoms with E-state index < -0.39 is 0 Å². The maximum Gasteiger partial charge on any atom is 0.115 e. The fourth-order valence-electron chi connectivity index (χ4n) is 2.54. The molecule has 21 heavy (non-hydrogen) atoms. The van der Waals surface area contributed by atoms with Crippen molar-refractivity contribution in [1.82, 2.24) is 4.98 Å². The summed E-state index contributed by atoms with van der Waals surface area (Å²) in [5.74, 6) is 0.292. The van der Waals surface area contributed by atoms with Crippen molar-refractivity contribution in [3.8, 4) is 5.75 Å². The van der Waals surface area contributed by atoms with Gasteiger partial charge in [0.15, 0.2) is 0 Å². The Balaban J connectivity index is 1.94. The number of anilines is 1. The number of hydrogen-bond acceptors (Lipinski definition) is 3. The van der Waals surface area contributed by atoms with Gasteiger partial charge in [-0.2, -0.15) is 0 Å². The van der Waals surface area contributed by atoms with Gasteiger partial charge in [-0.1, -0.05) is 37.3 Å². The lowest BCUT2D eigenvalue weighted by molar-refractivity contribution is 0.475. The molecular weight excluding hydrogens is 260 g/mol. The summed E-state index contributed by atoms with van der Waals surface area (Å²) in [6.45, 7) is 2.14. The second kappa shape index (κ2) is 5.83. The average molecular weight is 278 g/mol. The van der Waals surface area contributed by atoms with E-state index in [2.05, 4.69) is 35.4 Å². The molecule has 0 bridgehead atoms. The Kier molecular flexibility index (Phi) is 3.73. The molecular formula is C18H18N2O. The predicted molar refractivity (Wildman–Crippen MR) is 86.5 cm³/mol. The molecule has 2 aromatic carbocycles. The van der Waals surface area contributed by atoms with Gasteiger partial charge in [0.2, 0.25) is 0 Å². The molecule has 1 unspecified atom stereocenters. The monoisotopic (exact) mass is 278 g/mol. The molecule has 0 saturated carbocycles. The largest absolute Gasteiger partial charge is 0.508 e. The standard InChI is InChI=1S/C18H18N2O/c1-2-16(13-8-10-15(21)11-9-13)20-17-7-3-5-14-6-4-12-19-18(14)17/h3-12,16,20-21H,2H2,1H3. The van der Waals surface area contributed by atoms with Gasteiger partial charge in [0.05, 0.1) is 17.2 Å². The lowest BCUT2D eigenvalue weighted by Gasteiger charge is -2.19. The van der Waals surface area contributed by atoms with Gasteiger partial charge >= 0.3 is 0 Å². The first-order valence-electron chi connectivity index (χ1n) is 7.17. The number of aromatic nitrogens is 1. The lowest BCUT2D eigenvalue weighted by atomic mass is 10.0. The molecule has 0 amide bonds.